The minimum Gasteiger partial charge on any atom is -0.425 e. The summed E-state index contributed by atoms with van der Waals surface area (Å²) < 4.78 is 6.14. The number of fused-ring (bicyclic) bond motifs is 1. The third-order valence-electron chi connectivity index (χ3n) is 12.1. The normalized spacial score (nSPS) is 28.5. The van der Waals surface area contributed by atoms with Gasteiger partial charge in [0.2, 0.25) is 11.8 Å². The molecule has 0 amide bonds. The molecule has 0 aliphatic heterocycles. The quantitative estimate of drug-likeness (QED) is 0.243. The number of nitriles is 1. The molecule has 232 valence electrons. The molecule has 2 aliphatic rings. The zero-order chi connectivity index (χ0) is 31.9. The number of rotatable bonds is 11. The lowest BCUT2D eigenvalue weighted by Gasteiger charge is -2.61. The van der Waals surface area contributed by atoms with Crippen molar-refractivity contribution in [3.63, 3.8) is 0 Å². The zero-order valence-electron chi connectivity index (χ0n) is 28.5. The van der Waals surface area contributed by atoms with E-state index in [0.717, 1.165) is 62.8 Å². The molecule has 0 N–H and O–H groups in total. The Morgan fingerprint density at radius 2 is 1.69 bits per heavy atom. The number of aryl methyl sites for hydroxylation is 1. The van der Waals surface area contributed by atoms with Crippen LogP contribution in [-0.4, -0.2) is 21.8 Å². The second kappa shape index (κ2) is 11.5. The van der Waals surface area contributed by atoms with Crippen LogP contribution in [0.15, 0.2) is 27.7 Å². The molecule has 1 saturated carbocycles. The first-order valence-electron chi connectivity index (χ1n) is 16.0. The summed E-state index contributed by atoms with van der Waals surface area (Å²) in [5.41, 5.74) is -0.540. The van der Waals surface area contributed by atoms with Crippen LogP contribution in [0.25, 0.3) is 0 Å². The number of carbonyl (C=O) groups is 2. The Morgan fingerprint density at radius 3 is 2.19 bits per heavy atom. The first-order valence-corrected chi connectivity index (χ1v) is 16.0. The molecule has 0 aromatic carbocycles. The van der Waals surface area contributed by atoms with E-state index in [2.05, 4.69) is 71.7 Å². The number of Topliss-reactive ketones (excluding diaryl/α,β-unsaturated/α-hetero) is 1. The van der Waals surface area contributed by atoms with Crippen LogP contribution in [0.2, 0.25) is 0 Å². The summed E-state index contributed by atoms with van der Waals surface area (Å²) in [6.45, 7) is 25.7. The summed E-state index contributed by atoms with van der Waals surface area (Å²) in [4.78, 5) is 26.1. The fourth-order valence-corrected chi connectivity index (χ4v) is 8.05. The molecule has 2 aliphatic carbocycles. The number of hydrogen-bond acceptors (Lipinski definition) is 6. The molecule has 6 nitrogen and oxygen atoms in total. The van der Waals surface area contributed by atoms with Crippen molar-refractivity contribution in [3.05, 3.63) is 35.1 Å². The average molecular weight is 578 g/mol. The number of aromatic nitrogens is 2. The number of hydrogen-bond donors (Lipinski definition) is 0. The average Bonchev–Trinajstić information content (AvgIpc) is 3.35. The van der Waals surface area contributed by atoms with Gasteiger partial charge in [-0.1, -0.05) is 87.3 Å². The minimum absolute atomic E-state index is 0.00144. The van der Waals surface area contributed by atoms with Crippen molar-refractivity contribution in [1.82, 2.24) is 10.2 Å². The molecule has 1 aromatic rings. The van der Waals surface area contributed by atoms with E-state index >= 15 is 0 Å². The predicted molar refractivity (Wildman–Crippen MR) is 168 cm³/mol. The van der Waals surface area contributed by atoms with Gasteiger partial charge in [-0.2, -0.15) is 5.26 Å². The van der Waals surface area contributed by atoms with Crippen molar-refractivity contribution in [2.75, 3.05) is 0 Å². The lowest BCUT2D eigenvalue weighted by Crippen LogP contribution is -2.55. The van der Waals surface area contributed by atoms with Gasteiger partial charge in [-0.05, 0) is 80.1 Å². The van der Waals surface area contributed by atoms with E-state index in [9.17, 15) is 14.9 Å². The van der Waals surface area contributed by atoms with Gasteiger partial charge in [0.1, 0.15) is 6.07 Å². The highest BCUT2D eigenvalue weighted by atomic mass is 16.4. The molecule has 1 aromatic heterocycles. The Balaban J connectivity index is 2.09. The molecule has 0 radical (unpaired) electrons. The third kappa shape index (κ3) is 5.82. The van der Waals surface area contributed by atoms with Crippen LogP contribution in [0.4, 0.5) is 0 Å². The molecule has 0 unspecified atom stereocenters. The first-order chi connectivity index (χ1) is 19.2. The van der Waals surface area contributed by atoms with E-state index in [1.54, 1.807) is 6.92 Å². The summed E-state index contributed by atoms with van der Waals surface area (Å²) in [5, 5.41) is 18.7. The van der Waals surface area contributed by atoms with Gasteiger partial charge in [0.25, 0.3) is 0 Å². The molecule has 0 bridgehead atoms. The monoisotopic (exact) mass is 577 g/mol. The van der Waals surface area contributed by atoms with Gasteiger partial charge >= 0.3 is 0 Å². The van der Waals surface area contributed by atoms with Crippen LogP contribution >= 0.6 is 0 Å². The Labute approximate surface area is 254 Å². The molecule has 0 spiro atoms. The van der Waals surface area contributed by atoms with Crippen LogP contribution in [0.1, 0.15) is 139 Å². The van der Waals surface area contributed by atoms with Crippen molar-refractivity contribution < 1.29 is 14.0 Å². The molecule has 1 fully saturated rings. The lowest BCUT2D eigenvalue weighted by atomic mass is 9.42. The van der Waals surface area contributed by atoms with E-state index < -0.39 is 10.8 Å². The van der Waals surface area contributed by atoms with Crippen LogP contribution < -0.4 is 0 Å². The van der Waals surface area contributed by atoms with Crippen LogP contribution in [-0.2, 0) is 15.0 Å². The standard InChI is InChI=1S/C36H55N3O3/c1-13-31(5,6)17-19-36(14-2,30-39-38-25(4)42-30)20-18-32(7,8)35(12)16-15-27-33(9,10)29(41)26(23-37)22-34(27,11)28(35)21-24(3)40/h21-22,27H,13-20H2,1-12H3/b28-21-/t27-,34-,35+,36-/m0/s1. The second-order valence-corrected chi connectivity index (χ2v) is 15.8. The van der Waals surface area contributed by atoms with Gasteiger partial charge in [0.05, 0.1) is 5.57 Å². The molecule has 6 heteroatoms. The Bertz CT molecular complexity index is 1310. The number of nitrogens with zero attached hydrogens (tertiary/aromatic N) is 3. The van der Waals surface area contributed by atoms with Gasteiger partial charge in [0, 0.05) is 23.2 Å². The Kier molecular flexibility index (Phi) is 9.30. The summed E-state index contributed by atoms with van der Waals surface area (Å²) in [7, 11) is 0. The molecular formula is C36H55N3O3. The molecule has 0 saturated heterocycles. The number of ketones is 2. The number of allylic oxidation sites excluding steroid dienone is 4. The van der Waals surface area contributed by atoms with E-state index in [1.165, 1.54) is 0 Å². The SMILES string of the molecule is CCC(C)(C)CC[C@@](CC)(CCC(C)(C)[C@]1(C)CC[C@H]2C(C)(C)C(=O)C(C#N)=C[C@]2(C)/C1=C/C(C)=O)c1nnc(C)o1. The highest BCUT2D eigenvalue weighted by molar-refractivity contribution is 6.04. The van der Waals surface area contributed by atoms with Crippen molar-refractivity contribution in [2.45, 2.75) is 140 Å². The summed E-state index contributed by atoms with van der Waals surface area (Å²) in [6, 6.07) is 2.19. The first kappa shape index (κ1) is 33.9. The maximum absolute atomic E-state index is 13.3. The summed E-state index contributed by atoms with van der Waals surface area (Å²) >= 11 is 0. The molecule has 4 atom stereocenters. The smallest absolute Gasteiger partial charge is 0.222 e. The van der Waals surface area contributed by atoms with Crippen molar-refractivity contribution in [1.29, 1.82) is 5.26 Å². The lowest BCUT2D eigenvalue weighted by molar-refractivity contribution is -0.131. The van der Waals surface area contributed by atoms with Gasteiger partial charge in [-0.3, -0.25) is 9.59 Å². The van der Waals surface area contributed by atoms with E-state index in [0.29, 0.717) is 5.89 Å². The molecule has 42 heavy (non-hydrogen) atoms. The van der Waals surface area contributed by atoms with Crippen molar-refractivity contribution in [2.24, 2.45) is 33.0 Å². The minimum atomic E-state index is -0.685. The second-order valence-electron chi connectivity index (χ2n) is 15.8. The van der Waals surface area contributed by atoms with Crippen LogP contribution in [0, 0.1) is 51.2 Å². The van der Waals surface area contributed by atoms with Crippen LogP contribution in [0.3, 0.4) is 0 Å². The third-order valence-corrected chi connectivity index (χ3v) is 12.1. The van der Waals surface area contributed by atoms with E-state index in [1.807, 2.05) is 32.9 Å². The highest BCUT2D eigenvalue weighted by Gasteiger charge is 2.61. The van der Waals surface area contributed by atoms with E-state index in [-0.39, 0.29) is 44.7 Å². The van der Waals surface area contributed by atoms with Crippen molar-refractivity contribution >= 4 is 11.6 Å². The van der Waals surface area contributed by atoms with E-state index in [4.69, 9.17) is 4.42 Å². The predicted octanol–water partition coefficient (Wildman–Crippen LogP) is 9.05. The Morgan fingerprint density at radius 1 is 1.07 bits per heavy atom. The van der Waals surface area contributed by atoms with Crippen LogP contribution in [0.5, 0.6) is 0 Å². The summed E-state index contributed by atoms with van der Waals surface area (Å²) in [5.74, 6) is 1.25. The largest absolute Gasteiger partial charge is 0.425 e. The highest BCUT2D eigenvalue weighted by Crippen LogP contribution is 2.67. The fourth-order valence-electron chi connectivity index (χ4n) is 8.05. The molecule has 3 rings (SSSR count). The van der Waals surface area contributed by atoms with Gasteiger partial charge in [-0.25, -0.2) is 0 Å². The van der Waals surface area contributed by atoms with Gasteiger partial charge in [-0.15, -0.1) is 10.2 Å². The molecular weight excluding hydrogens is 522 g/mol. The molecule has 1 heterocycles. The topological polar surface area (TPSA) is 96.8 Å². The maximum atomic E-state index is 13.3. The fraction of sp³-hybridized carbons (Fsp3) is 0.750. The summed E-state index contributed by atoms with van der Waals surface area (Å²) in [6.07, 6.45) is 11.3. The zero-order valence-corrected chi connectivity index (χ0v) is 28.5. The van der Waals surface area contributed by atoms with Crippen molar-refractivity contribution in [3.8, 4) is 6.07 Å². The Hall–Kier alpha value is -2.55. The maximum Gasteiger partial charge on any atom is 0.222 e. The van der Waals surface area contributed by atoms with Gasteiger partial charge < -0.3 is 4.42 Å². The van der Waals surface area contributed by atoms with Gasteiger partial charge in [0.15, 0.2) is 11.6 Å². The number of carbonyl (C=O) groups excluding carboxylic acids is 2.